The highest BCUT2D eigenvalue weighted by Gasteiger charge is 2.41. The molecule has 0 spiro atoms. The molecule has 5 nitrogen and oxygen atoms in total. The lowest BCUT2D eigenvalue weighted by Gasteiger charge is -2.18. The third-order valence-electron chi connectivity index (χ3n) is 4.34. The molecule has 2 fully saturated rings. The molecule has 5 N–H and O–H groups in total. The minimum absolute atomic E-state index is 0.101. The minimum Gasteiger partial charge on any atom is -0.397 e. The number of benzene rings is 1. The van der Waals surface area contributed by atoms with E-state index in [0.717, 1.165) is 18.4 Å². The van der Waals surface area contributed by atoms with Crippen molar-refractivity contribution in [2.75, 3.05) is 17.6 Å². The first kappa shape index (κ1) is 13.7. The Bertz CT molecular complexity index is 595. The van der Waals surface area contributed by atoms with E-state index in [-0.39, 0.29) is 4.90 Å². The van der Waals surface area contributed by atoms with E-state index in [4.69, 9.17) is 10.9 Å². The van der Waals surface area contributed by atoms with Crippen LogP contribution < -0.4 is 16.2 Å². The standard InChI is InChI=1S/C14H21N3O2S/c15-13-6-5-11(20(16,18)19)7-14(13)17-8-12(9-1-2-9)10-3-4-10/h5-7,9-10,12,17H,1-4,8,15H2,(H2,16,18,19). The van der Waals surface area contributed by atoms with Gasteiger partial charge in [-0.25, -0.2) is 13.6 Å². The predicted molar refractivity (Wildman–Crippen MR) is 79.7 cm³/mol. The molecule has 2 aliphatic carbocycles. The summed E-state index contributed by atoms with van der Waals surface area (Å²) in [6, 6.07) is 4.56. The quantitative estimate of drug-likeness (QED) is 0.696. The second-order valence-corrected chi connectivity index (χ2v) is 7.58. The third kappa shape index (κ3) is 3.07. The summed E-state index contributed by atoms with van der Waals surface area (Å²) in [7, 11) is -3.68. The van der Waals surface area contributed by atoms with Crippen LogP contribution in [-0.2, 0) is 10.0 Å². The van der Waals surface area contributed by atoms with Gasteiger partial charge in [-0.1, -0.05) is 0 Å². The molecule has 2 saturated carbocycles. The van der Waals surface area contributed by atoms with Gasteiger partial charge in [0.15, 0.2) is 0 Å². The van der Waals surface area contributed by atoms with E-state index in [0.29, 0.717) is 17.3 Å². The molecule has 0 amide bonds. The number of anilines is 2. The fourth-order valence-corrected chi connectivity index (χ4v) is 3.40. The van der Waals surface area contributed by atoms with Gasteiger partial charge in [0, 0.05) is 6.54 Å². The van der Waals surface area contributed by atoms with Crippen LogP contribution >= 0.6 is 0 Å². The summed E-state index contributed by atoms with van der Waals surface area (Å²) in [6.07, 6.45) is 5.32. The van der Waals surface area contributed by atoms with E-state index >= 15 is 0 Å². The lowest BCUT2D eigenvalue weighted by molar-refractivity contribution is 0.428. The van der Waals surface area contributed by atoms with Gasteiger partial charge in [-0.2, -0.15) is 0 Å². The van der Waals surface area contributed by atoms with Crippen molar-refractivity contribution in [2.24, 2.45) is 22.9 Å². The van der Waals surface area contributed by atoms with Gasteiger partial charge in [-0.05, 0) is 61.6 Å². The lowest BCUT2D eigenvalue weighted by atomic mass is 9.98. The van der Waals surface area contributed by atoms with Crippen molar-refractivity contribution in [1.29, 1.82) is 0 Å². The summed E-state index contributed by atoms with van der Waals surface area (Å²) in [6.45, 7) is 0.869. The largest absolute Gasteiger partial charge is 0.397 e. The number of sulfonamides is 1. The Morgan fingerprint density at radius 1 is 1.20 bits per heavy atom. The monoisotopic (exact) mass is 295 g/mol. The van der Waals surface area contributed by atoms with Crippen LogP contribution in [0.5, 0.6) is 0 Å². The van der Waals surface area contributed by atoms with Crippen LogP contribution in [-0.4, -0.2) is 15.0 Å². The summed E-state index contributed by atoms with van der Waals surface area (Å²) in [5.41, 5.74) is 7.13. The van der Waals surface area contributed by atoms with Gasteiger partial charge in [0.1, 0.15) is 0 Å². The molecule has 0 bridgehead atoms. The van der Waals surface area contributed by atoms with E-state index in [1.165, 1.54) is 37.8 Å². The van der Waals surface area contributed by atoms with Gasteiger partial charge in [-0.15, -0.1) is 0 Å². The molecule has 3 rings (SSSR count). The maximum atomic E-state index is 11.4. The second-order valence-electron chi connectivity index (χ2n) is 6.01. The van der Waals surface area contributed by atoms with E-state index in [9.17, 15) is 8.42 Å². The third-order valence-corrected chi connectivity index (χ3v) is 5.25. The summed E-state index contributed by atoms with van der Waals surface area (Å²) < 4.78 is 22.8. The van der Waals surface area contributed by atoms with Crippen molar-refractivity contribution in [1.82, 2.24) is 0 Å². The Balaban J connectivity index is 1.72. The maximum absolute atomic E-state index is 11.4. The molecule has 1 aromatic carbocycles. The van der Waals surface area contributed by atoms with E-state index < -0.39 is 10.0 Å². The van der Waals surface area contributed by atoms with E-state index in [1.54, 1.807) is 6.07 Å². The normalized spacial score (nSPS) is 19.3. The summed E-state index contributed by atoms with van der Waals surface area (Å²) in [5.74, 6) is 2.39. The van der Waals surface area contributed by atoms with Gasteiger partial charge in [0.25, 0.3) is 0 Å². The first-order valence-electron chi connectivity index (χ1n) is 7.11. The zero-order chi connectivity index (χ0) is 14.3. The highest BCUT2D eigenvalue weighted by Crippen LogP contribution is 2.49. The van der Waals surface area contributed by atoms with E-state index in [1.807, 2.05) is 0 Å². The summed E-state index contributed by atoms with van der Waals surface area (Å²) in [4.78, 5) is 0.101. The van der Waals surface area contributed by atoms with Crippen LogP contribution in [0.2, 0.25) is 0 Å². The summed E-state index contributed by atoms with van der Waals surface area (Å²) >= 11 is 0. The first-order valence-corrected chi connectivity index (χ1v) is 8.66. The molecule has 0 saturated heterocycles. The molecule has 2 aliphatic rings. The fourth-order valence-electron chi connectivity index (χ4n) is 2.86. The molecular weight excluding hydrogens is 274 g/mol. The number of hydrogen-bond acceptors (Lipinski definition) is 4. The van der Waals surface area contributed by atoms with Crippen molar-refractivity contribution in [2.45, 2.75) is 30.6 Å². The van der Waals surface area contributed by atoms with Gasteiger partial charge < -0.3 is 11.1 Å². The highest BCUT2D eigenvalue weighted by atomic mass is 32.2. The number of hydrogen-bond donors (Lipinski definition) is 3. The molecule has 1 aromatic rings. The van der Waals surface area contributed by atoms with Crippen molar-refractivity contribution in [3.05, 3.63) is 18.2 Å². The Labute approximate surface area is 119 Å². The topological polar surface area (TPSA) is 98.2 Å². The highest BCUT2D eigenvalue weighted by molar-refractivity contribution is 7.89. The van der Waals surface area contributed by atoms with Gasteiger partial charge in [0.2, 0.25) is 10.0 Å². The second kappa shape index (κ2) is 4.93. The smallest absolute Gasteiger partial charge is 0.238 e. The molecule has 110 valence electrons. The Morgan fingerprint density at radius 3 is 2.30 bits per heavy atom. The number of rotatable bonds is 6. The number of nitrogen functional groups attached to an aromatic ring is 1. The SMILES string of the molecule is Nc1ccc(S(N)(=O)=O)cc1NCC(C1CC1)C1CC1. The molecule has 0 aromatic heterocycles. The Morgan fingerprint density at radius 2 is 1.80 bits per heavy atom. The van der Waals surface area contributed by atoms with Crippen LogP contribution in [0.4, 0.5) is 11.4 Å². The minimum atomic E-state index is -3.68. The zero-order valence-corrected chi connectivity index (χ0v) is 12.2. The van der Waals surface area contributed by atoms with Gasteiger partial charge >= 0.3 is 0 Å². The zero-order valence-electron chi connectivity index (χ0n) is 11.4. The van der Waals surface area contributed by atoms with Crippen molar-refractivity contribution in [3.8, 4) is 0 Å². The number of nitrogens with one attached hydrogen (secondary N) is 1. The van der Waals surface area contributed by atoms with Gasteiger partial charge in [-0.3, -0.25) is 0 Å². The Hall–Kier alpha value is -1.27. The Kier molecular flexibility index (Phi) is 3.38. The van der Waals surface area contributed by atoms with Gasteiger partial charge in [0.05, 0.1) is 16.3 Å². The molecule has 0 atom stereocenters. The average Bonchev–Trinajstić information content (AvgIpc) is 3.24. The molecule has 0 aliphatic heterocycles. The first-order chi connectivity index (χ1) is 9.45. The van der Waals surface area contributed by atoms with Crippen LogP contribution in [0.3, 0.4) is 0 Å². The maximum Gasteiger partial charge on any atom is 0.238 e. The average molecular weight is 295 g/mol. The van der Waals surface area contributed by atoms with Crippen molar-refractivity contribution < 1.29 is 8.42 Å². The molecule has 0 heterocycles. The van der Waals surface area contributed by atoms with Crippen LogP contribution in [0, 0.1) is 17.8 Å². The van der Waals surface area contributed by atoms with Crippen molar-refractivity contribution >= 4 is 21.4 Å². The van der Waals surface area contributed by atoms with Crippen molar-refractivity contribution in [3.63, 3.8) is 0 Å². The molecule has 6 heteroatoms. The lowest BCUT2D eigenvalue weighted by Crippen LogP contribution is -2.19. The molecule has 0 unspecified atom stereocenters. The number of nitrogens with two attached hydrogens (primary N) is 2. The molecule has 20 heavy (non-hydrogen) atoms. The van der Waals surface area contributed by atoms with Crippen LogP contribution in [0.25, 0.3) is 0 Å². The predicted octanol–water partition coefficient (Wildman–Crippen LogP) is 1.76. The van der Waals surface area contributed by atoms with Crippen LogP contribution in [0.15, 0.2) is 23.1 Å². The van der Waals surface area contributed by atoms with Crippen LogP contribution in [0.1, 0.15) is 25.7 Å². The molecule has 0 radical (unpaired) electrons. The van der Waals surface area contributed by atoms with E-state index in [2.05, 4.69) is 5.32 Å². The number of primary sulfonamides is 1. The fraction of sp³-hybridized carbons (Fsp3) is 0.571. The molecular formula is C14H21N3O2S. The summed E-state index contributed by atoms with van der Waals surface area (Å²) in [5, 5.41) is 8.47.